The van der Waals surface area contributed by atoms with Crippen molar-refractivity contribution in [3.05, 3.63) is 17.7 Å². The van der Waals surface area contributed by atoms with Crippen LogP contribution in [0.4, 0.5) is 0 Å². The molecular formula is C13H21N3O. The number of aryl methyl sites for hydroxylation is 1. The number of hydrogen-bond acceptors (Lipinski definition) is 2. The van der Waals surface area contributed by atoms with Crippen LogP contribution in [0, 0.1) is 5.92 Å². The SMILES string of the molecule is CC(C)N(C)C(=O)c1cnc2n1C[C@@H](C)CC2. The summed E-state index contributed by atoms with van der Waals surface area (Å²) < 4.78 is 2.09. The number of fused-ring (bicyclic) bond motifs is 1. The normalized spacial score (nSPS) is 19.2. The molecule has 0 N–H and O–H groups in total. The highest BCUT2D eigenvalue weighted by atomic mass is 16.2. The quantitative estimate of drug-likeness (QED) is 0.785. The van der Waals surface area contributed by atoms with Crippen LogP contribution >= 0.6 is 0 Å². The van der Waals surface area contributed by atoms with E-state index in [9.17, 15) is 4.79 Å². The molecule has 0 aliphatic carbocycles. The first-order valence-electron chi connectivity index (χ1n) is 6.32. The number of nitrogens with zero attached hydrogens (tertiary/aromatic N) is 3. The van der Waals surface area contributed by atoms with Crippen LogP contribution in [0.2, 0.25) is 0 Å². The first kappa shape index (κ1) is 12.1. The monoisotopic (exact) mass is 235 g/mol. The van der Waals surface area contributed by atoms with Crippen molar-refractivity contribution in [1.29, 1.82) is 0 Å². The van der Waals surface area contributed by atoms with Crippen LogP contribution in [0.15, 0.2) is 6.20 Å². The van der Waals surface area contributed by atoms with E-state index in [0.717, 1.165) is 24.5 Å². The summed E-state index contributed by atoms with van der Waals surface area (Å²) in [6.07, 6.45) is 3.89. The van der Waals surface area contributed by atoms with Crippen molar-refractivity contribution in [2.75, 3.05) is 7.05 Å². The molecule has 0 bridgehead atoms. The Bertz CT molecular complexity index is 422. The van der Waals surface area contributed by atoms with Crippen molar-refractivity contribution in [3.8, 4) is 0 Å². The number of carbonyl (C=O) groups excluding carboxylic acids is 1. The highest BCUT2D eigenvalue weighted by Crippen LogP contribution is 2.21. The summed E-state index contributed by atoms with van der Waals surface area (Å²) in [6.45, 7) is 7.19. The molecule has 17 heavy (non-hydrogen) atoms. The van der Waals surface area contributed by atoms with E-state index >= 15 is 0 Å². The summed E-state index contributed by atoms with van der Waals surface area (Å²) in [5.74, 6) is 1.77. The first-order chi connectivity index (χ1) is 8.00. The Morgan fingerprint density at radius 3 is 2.94 bits per heavy atom. The minimum atomic E-state index is 0.0767. The molecule has 1 aromatic rings. The maximum absolute atomic E-state index is 12.3. The van der Waals surface area contributed by atoms with Gasteiger partial charge in [-0.25, -0.2) is 4.98 Å². The molecule has 0 fully saturated rings. The molecule has 1 atom stereocenters. The Morgan fingerprint density at radius 1 is 1.59 bits per heavy atom. The lowest BCUT2D eigenvalue weighted by atomic mass is 10.0. The lowest BCUT2D eigenvalue weighted by molar-refractivity contribution is 0.0741. The topological polar surface area (TPSA) is 38.1 Å². The molecule has 0 saturated carbocycles. The average molecular weight is 235 g/mol. The van der Waals surface area contributed by atoms with Gasteiger partial charge in [-0.05, 0) is 26.2 Å². The number of imidazole rings is 1. The second-order valence-corrected chi connectivity index (χ2v) is 5.32. The molecule has 0 radical (unpaired) electrons. The number of carbonyl (C=O) groups is 1. The summed E-state index contributed by atoms with van der Waals surface area (Å²) in [6, 6.07) is 0.217. The van der Waals surface area contributed by atoms with Gasteiger partial charge in [0.1, 0.15) is 11.5 Å². The molecule has 4 heteroatoms. The van der Waals surface area contributed by atoms with E-state index in [1.165, 1.54) is 6.42 Å². The minimum Gasteiger partial charge on any atom is -0.338 e. The van der Waals surface area contributed by atoms with E-state index in [2.05, 4.69) is 16.5 Å². The van der Waals surface area contributed by atoms with E-state index in [4.69, 9.17) is 0 Å². The van der Waals surface area contributed by atoms with Gasteiger partial charge in [-0.3, -0.25) is 4.79 Å². The third-order valence-corrected chi connectivity index (χ3v) is 3.61. The molecule has 1 aliphatic rings. The largest absolute Gasteiger partial charge is 0.338 e. The van der Waals surface area contributed by atoms with Gasteiger partial charge in [-0.15, -0.1) is 0 Å². The first-order valence-corrected chi connectivity index (χ1v) is 6.32. The summed E-state index contributed by atoms with van der Waals surface area (Å²) in [5, 5.41) is 0. The molecule has 1 aromatic heterocycles. The van der Waals surface area contributed by atoms with Crippen molar-refractivity contribution in [3.63, 3.8) is 0 Å². The third-order valence-electron chi connectivity index (χ3n) is 3.61. The van der Waals surface area contributed by atoms with Gasteiger partial charge in [0, 0.05) is 26.1 Å². The van der Waals surface area contributed by atoms with Crippen LogP contribution < -0.4 is 0 Å². The van der Waals surface area contributed by atoms with Gasteiger partial charge in [-0.2, -0.15) is 0 Å². The second kappa shape index (κ2) is 4.51. The molecule has 1 amide bonds. The Morgan fingerprint density at radius 2 is 2.29 bits per heavy atom. The highest BCUT2D eigenvalue weighted by Gasteiger charge is 2.24. The highest BCUT2D eigenvalue weighted by molar-refractivity contribution is 5.92. The fraction of sp³-hybridized carbons (Fsp3) is 0.692. The number of amides is 1. The summed E-state index contributed by atoms with van der Waals surface area (Å²) in [4.78, 5) is 18.4. The van der Waals surface area contributed by atoms with Crippen LogP contribution in [0.1, 0.15) is 43.5 Å². The Labute approximate surface area is 103 Å². The van der Waals surface area contributed by atoms with Gasteiger partial charge in [0.05, 0.1) is 6.20 Å². The van der Waals surface area contributed by atoms with Gasteiger partial charge < -0.3 is 9.47 Å². The van der Waals surface area contributed by atoms with Crippen LogP contribution in [0.5, 0.6) is 0 Å². The van der Waals surface area contributed by atoms with Crippen molar-refractivity contribution in [2.45, 2.75) is 46.2 Å². The fourth-order valence-corrected chi connectivity index (χ4v) is 2.18. The molecule has 94 valence electrons. The van der Waals surface area contributed by atoms with Crippen LogP contribution in [-0.4, -0.2) is 33.4 Å². The smallest absolute Gasteiger partial charge is 0.272 e. The summed E-state index contributed by atoms with van der Waals surface area (Å²) >= 11 is 0. The fourth-order valence-electron chi connectivity index (χ4n) is 2.18. The zero-order valence-corrected chi connectivity index (χ0v) is 11.1. The number of rotatable bonds is 2. The average Bonchev–Trinajstić information content (AvgIpc) is 2.69. The molecule has 1 aliphatic heterocycles. The second-order valence-electron chi connectivity index (χ2n) is 5.32. The standard InChI is InChI=1S/C13H21N3O/c1-9(2)15(4)13(17)11-7-14-12-6-5-10(3)8-16(11)12/h7,9-10H,5-6,8H2,1-4H3/t10-/m0/s1. The van der Waals surface area contributed by atoms with E-state index in [1.54, 1.807) is 11.1 Å². The lowest BCUT2D eigenvalue weighted by Crippen LogP contribution is -2.35. The summed E-state index contributed by atoms with van der Waals surface area (Å²) in [5.41, 5.74) is 0.739. The van der Waals surface area contributed by atoms with E-state index < -0.39 is 0 Å². The molecule has 0 saturated heterocycles. The Hall–Kier alpha value is -1.32. The van der Waals surface area contributed by atoms with Crippen molar-refractivity contribution >= 4 is 5.91 Å². The minimum absolute atomic E-state index is 0.0767. The van der Waals surface area contributed by atoms with Gasteiger partial charge in [0.15, 0.2) is 0 Å². The Balaban J connectivity index is 2.28. The van der Waals surface area contributed by atoms with Gasteiger partial charge in [0.25, 0.3) is 5.91 Å². The lowest BCUT2D eigenvalue weighted by Gasteiger charge is -2.25. The van der Waals surface area contributed by atoms with E-state index in [-0.39, 0.29) is 11.9 Å². The molecule has 0 spiro atoms. The van der Waals surface area contributed by atoms with Crippen molar-refractivity contribution in [2.24, 2.45) is 5.92 Å². The predicted molar refractivity (Wildman–Crippen MR) is 66.9 cm³/mol. The zero-order chi connectivity index (χ0) is 12.6. The van der Waals surface area contributed by atoms with E-state index in [0.29, 0.717) is 5.92 Å². The molecule has 4 nitrogen and oxygen atoms in total. The van der Waals surface area contributed by atoms with Crippen LogP contribution in [0.3, 0.4) is 0 Å². The zero-order valence-electron chi connectivity index (χ0n) is 11.1. The third kappa shape index (κ3) is 2.21. The molecule has 2 heterocycles. The van der Waals surface area contributed by atoms with Gasteiger partial charge in [-0.1, -0.05) is 6.92 Å². The van der Waals surface area contributed by atoms with Gasteiger partial charge in [0.2, 0.25) is 0 Å². The van der Waals surface area contributed by atoms with Gasteiger partial charge >= 0.3 is 0 Å². The Kier molecular flexibility index (Phi) is 3.22. The molecule has 0 aromatic carbocycles. The van der Waals surface area contributed by atoms with Crippen molar-refractivity contribution in [1.82, 2.24) is 14.5 Å². The molecule has 0 unspecified atom stereocenters. The maximum Gasteiger partial charge on any atom is 0.272 e. The van der Waals surface area contributed by atoms with Crippen LogP contribution in [-0.2, 0) is 13.0 Å². The maximum atomic E-state index is 12.3. The number of aromatic nitrogens is 2. The summed E-state index contributed by atoms with van der Waals surface area (Å²) in [7, 11) is 1.85. The predicted octanol–water partition coefficient (Wildman–Crippen LogP) is 1.95. The van der Waals surface area contributed by atoms with Crippen molar-refractivity contribution < 1.29 is 4.79 Å². The molecule has 2 rings (SSSR count). The molecular weight excluding hydrogens is 214 g/mol. The number of hydrogen-bond donors (Lipinski definition) is 0. The van der Waals surface area contributed by atoms with Crippen LogP contribution in [0.25, 0.3) is 0 Å². The van der Waals surface area contributed by atoms with E-state index in [1.807, 2.05) is 20.9 Å².